The first-order valence-corrected chi connectivity index (χ1v) is 8.61. The summed E-state index contributed by atoms with van der Waals surface area (Å²) in [5.41, 5.74) is 0.617. The van der Waals surface area contributed by atoms with Crippen LogP contribution in [-0.4, -0.2) is 62.1 Å². The number of amides is 1. The van der Waals surface area contributed by atoms with Gasteiger partial charge in [-0.3, -0.25) is 4.79 Å². The van der Waals surface area contributed by atoms with Crippen molar-refractivity contribution in [2.75, 3.05) is 46.4 Å². The van der Waals surface area contributed by atoms with E-state index in [0.717, 1.165) is 31.9 Å². The lowest BCUT2D eigenvalue weighted by Crippen LogP contribution is -2.47. The van der Waals surface area contributed by atoms with E-state index in [4.69, 9.17) is 9.47 Å². The highest BCUT2D eigenvalue weighted by molar-refractivity contribution is 5.97. The smallest absolute Gasteiger partial charge is 0.257 e. The third-order valence-electron chi connectivity index (χ3n) is 4.26. The van der Waals surface area contributed by atoms with Gasteiger partial charge in [0.2, 0.25) is 0 Å². The normalized spacial score (nSPS) is 15.0. The van der Waals surface area contributed by atoms with Crippen LogP contribution < -0.4 is 9.47 Å². The molecular weight excluding hydrogens is 316 g/mol. The van der Waals surface area contributed by atoms with Crippen molar-refractivity contribution in [3.63, 3.8) is 0 Å². The Hall–Kier alpha value is -2.53. The van der Waals surface area contributed by atoms with Crippen LogP contribution in [0.3, 0.4) is 0 Å². The average Bonchev–Trinajstić information content (AvgIpc) is 2.66. The molecule has 1 heterocycles. The molecule has 0 spiro atoms. The molecule has 2 aromatic rings. The molecule has 1 amide bonds. The maximum atomic E-state index is 12.8. The van der Waals surface area contributed by atoms with E-state index in [1.54, 1.807) is 0 Å². The van der Waals surface area contributed by atoms with Gasteiger partial charge in [-0.05, 0) is 31.3 Å². The summed E-state index contributed by atoms with van der Waals surface area (Å²) in [4.78, 5) is 16.9. The number of rotatable bonds is 6. The molecule has 1 aliphatic rings. The molecule has 0 unspecified atom stereocenters. The standard InChI is InChI=1S/C20H24N2O3/c1-21-11-13-22(14-12-21)20(23)18-9-5-6-10-19(18)25-16-15-24-17-7-3-2-4-8-17/h2-10H,11-16H2,1H3. The van der Waals surface area contributed by atoms with Crippen LogP contribution in [0.1, 0.15) is 10.4 Å². The van der Waals surface area contributed by atoms with Crippen molar-refractivity contribution >= 4 is 5.91 Å². The minimum Gasteiger partial charge on any atom is -0.490 e. The second-order valence-electron chi connectivity index (χ2n) is 6.10. The van der Waals surface area contributed by atoms with Crippen LogP contribution in [-0.2, 0) is 0 Å². The topological polar surface area (TPSA) is 42.0 Å². The highest BCUT2D eigenvalue weighted by Gasteiger charge is 2.22. The van der Waals surface area contributed by atoms with Crippen LogP contribution in [0.25, 0.3) is 0 Å². The number of nitrogens with zero attached hydrogens (tertiary/aromatic N) is 2. The van der Waals surface area contributed by atoms with Gasteiger partial charge < -0.3 is 19.3 Å². The van der Waals surface area contributed by atoms with E-state index in [2.05, 4.69) is 11.9 Å². The second kappa shape index (κ2) is 8.53. The van der Waals surface area contributed by atoms with Crippen molar-refractivity contribution in [1.29, 1.82) is 0 Å². The summed E-state index contributed by atoms with van der Waals surface area (Å²) >= 11 is 0. The number of para-hydroxylation sites is 2. The molecule has 5 heteroatoms. The summed E-state index contributed by atoms with van der Waals surface area (Å²) in [6.07, 6.45) is 0. The van der Waals surface area contributed by atoms with E-state index in [0.29, 0.717) is 24.5 Å². The highest BCUT2D eigenvalue weighted by Crippen LogP contribution is 2.20. The number of carbonyl (C=O) groups is 1. The molecule has 0 radical (unpaired) electrons. The molecular formula is C20H24N2O3. The van der Waals surface area contributed by atoms with E-state index < -0.39 is 0 Å². The van der Waals surface area contributed by atoms with E-state index in [-0.39, 0.29) is 5.91 Å². The summed E-state index contributed by atoms with van der Waals surface area (Å²) in [6, 6.07) is 17.0. The molecule has 0 atom stereocenters. The van der Waals surface area contributed by atoms with Gasteiger partial charge in [0.1, 0.15) is 24.7 Å². The Balaban J connectivity index is 1.56. The predicted octanol–water partition coefficient (Wildman–Crippen LogP) is 2.53. The first-order valence-electron chi connectivity index (χ1n) is 8.61. The Morgan fingerprint density at radius 3 is 2.28 bits per heavy atom. The zero-order valence-electron chi connectivity index (χ0n) is 14.6. The molecule has 132 valence electrons. The first kappa shape index (κ1) is 17.3. The van der Waals surface area contributed by atoms with Gasteiger partial charge in [0.05, 0.1) is 5.56 Å². The number of hydrogen-bond donors (Lipinski definition) is 0. The summed E-state index contributed by atoms with van der Waals surface area (Å²) in [5.74, 6) is 1.46. The highest BCUT2D eigenvalue weighted by atomic mass is 16.5. The number of hydrogen-bond acceptors (Lipinski definition) is 4. The number of ether oxygens (including phenoxy) is 2. The van der Waals surface area contributed by atoms with Crippen LogP contribution in [0, 0.1) is 0 Å². The molecule has 0 aliphatic carbocycles. The number of likely N-dealkylation sites (N-methyl/N-ethyl adjacent to an activating group) is 1. The maximum Gasteiger partial charge on any atom is 0.257 e. The lowest BCUT2D eigenvalue weighted by atomic mass is 10.1. The SMILES string of the molecule is CN1CCN(C(=O)c2ccccc2OCCOc2ccccc2)CC1. The number of carbonyl (C=O) groups excluding carboxylic acids is 1. The Bertz CT molecular complexity index is 682. The summed E-state index contributed by atoms with van der Waals surface area (Å²) < 4.78 is 11.4. The van der Waals surface area contributed by atoms with Crippen molar-refractivity contribution in [2.45, 2.75) is 0 Å². The predicted molar refractivity (Wildman–Crippen MR) is 97.3 cm³/mol. The van der Waals surface area contributed by atoms with Crippen molar-refractivity contribution in [2.24, 2.45) is 0 Å². The largest absolute Gasteiger partial charge is 0.490 e. The van der Waals surface area contributed by atoms with Crippen LogP contribution in [0.5, 0.6) is 11.5 Å². The molecule has 0 aromatic heterocycles. The summed E-state index contributed by atoms with van der Waals surface area (Å²) in [5, 5.41) is 0. The average molecular weight is 340 g/mol. The van der Waals surface area contributed by atoms with Crippen LogP contribution in [0.15, 0.2) is 54.6 Å². The van der Waals surface area contributed by atoms with Crippen molar-refractivity contribution in [3.05, 3.63) is 60.2 Å². The number of piperazine rings is 1. The lowest BCUT2D eigenvalue weighted by molar-refractivity contribution is 0.0659. The zero-order valence-corrected chi connectivity index (χ0v) is 14.6. The molecule has 1 fully saturated rings. The molecule has 3 rings (SSSR count). The Kier molecular flexibility index (Phi) is 5.90. The van der Waals surface area contributed by atoms with Gasteiger partial charge in [-0.1, -0.05) is 30.3 Å². The van der Waals surface area contributed by atoms with Gasteiger partial charge >= 0.3 is 0 Å². The van der Waals surface area contributed by atoms with Crippen molar-refractivity contribution < 1.29 is 14.3 Å². The molecule has 1 saturated heterocycles. The minimum atomic E-state index is 0.0349. The van der Waals surface area contributed by atoms with E-state index >= 15 is 0 Å². The van der Waals surface area contributed by atoms with Crippen LogP contribution in [0.4, 0.5) is 0 Å². The van der Waals surface area contributed by atoms with E-state index in [1.807, 2.05) is 59.5 Å². The van der Waals surface area contributed by atoms with Gasteiger partial charge in [0.15, 0.2) is 0 Å². The molecule has 0 saturated carbocycles. The summed E-state index contributed by atoms with van der Waals surface area (Å²) in [7, 11) is 2.08. The maximum absolute atomic E-state index is 12.8. The fourth-order valence-corrected chi connectivity index (χ4v) is 2.78. The van der Waals surface area contributed by atoms with Crippen molar-refractivity contribution in [3.8, 4) is 11.5 Å². The molecule has 2 aromatic carbocycles. The minimum absolute atomic E-state index is 0.0349. The van der Waals surface area contributed by atoms with Gasteiger partial charge in [0, 0.05) is 26.2 Å². The molecule has 5 nitrogen and oxygen atoms in total. The quantitative estimate of drug-likeness (QED) is 0.758. The molecule has 0 N–H and O–H groups in total. The van der Waals surface area contributed by atoms with Gasteiger partial charge in [-0.2, -0.15) is 0 Å². The van der Waals surface area contributed by atoms with E-state index in [9.17, 15) is 4.79 Å². The third-order valence-corrected chi connectivity index (χ3v) is 4.26. The fraction of sp³-hybridized carbons (Fsp3) is 0.350. The van der Waals surface area contributed by atoms with Gasteiger partial charge in [0.25, 0.3) is 5.91 Å². The second-order valence-corrected chi connectivity index (χ2v) is 6.10. The van der Waals surface area contributed by atoms with Crippen LogP contribution >= 0.6 is 0 Å². The monoisotopic (exact) mass is 340 g/mol. The zero-order chi connectivity index (χ0) is 17.5. The fourth-order valence-electron chi connectivity index (χ4n) is 2.78. The molecule has 1 aliphatic heterocycles. The lowest BCUT2D eigenvalue weighted by Gasteiger charge is -2.32. The van der Waals surface area contributed by atoms with Gasteiger partial charge in [-0.25, -0.2) is 0 Å². The molecule has 25 heavy (non-hydrogen) atoms. The molecule has 0 bridgehead atoms. The Labute approximate surface area is 148 Å². The summed E-state index contributed by atoms with van der Waals surface area (Å²) in [6.45, 7) is 4.13. The van der Waals surface area contributed by atoms with Crippen LogP contribution in [0.2, 0.25) is 0 Å². The van der Waals surface area contributed by atoms with Crippen molar-refractivity contribution in [1.82, 2.24) is 9.80 Å². The number of benzene rings is 2. The third kappa shape index (κ3) is 4.73. The first-order chi connectivity index (χ1) is 12.2. The Morgan fingerprint density at radius 1 is 0.880 bits per heavy atom. The Morgan fingerprint density at radius 2 is 1.52 bits per heavy atom. The van der Waals surface area contributed by atoms with Gasteiger partial charge in [-0.15, -0.1) is 0 Å². The van der Waals surface area contributed by atoms with E-state index in [1.165, 1.54) is 0 Å².